The summed E-state index contributed by atoms with van der Waals surface area (Å²) in [7, 11) is 3.28. The Morgan fingerprint density at radius 3 is 2.45 bits per heavy atom. The molecule has 0 aliphatic carbocycles. The number of ether oxygens (including phenoxy) is 1. The first kappa shape index (κ1) is 16.2. The van der Waals surface area contributed by atoms with E-state index in [-0.39, 0.29) is 12.5 Å². The number of hydrogen-bond acceptors (Lipinski definition) is 3. The van der Waals surface area contributed by atoms with Gasteiger partial charge in [-0.05, 0) is 31.5 Å². The van der Waals surface area contributed by atoms with Crippen molar-refractivity contribution in [3.05, 3.63) is 35.4 Å². The third-order valence-corrected chi connectivity index (χ3v) is 3.06. The minimum absolute atomic E-state index is 0.0656. The molecule has 0 aromatic heterocycles. The number of benzene rings is 1. The van der Waals surface area contributed by atoms with E-state index in [4.69, 9.17) is 9.84 Å². The van der Waals surface area contributed by atoms with Crippen LogP contribution in [0.3, 0.4) is 0 Å². The van der Waals surface area contributed by atoms with E-state index in [1.807, 2.05) is 24.3 Å². The fourth-order valence-corrected chi connectivity index (χ4v) is 1.73. The normalized spacial score (nSPS) is 10.7. The summed E-state index contributed by atoms with van der Waals surface area (Å²) >= 11 is 0. The molecule has 1 amide bonds. The summed E-state index contributed by atoms with van der Waals surface area (Å²) in [4.78, 5) is 13.8. The Morgan fingerprint density at radius 1 is 1.35 bits per heavy atom. The predicted molar refractivity (Wildman–Crippen MR) is 78.0 cm³/mol. The van der Waals surface area contributed by atoms with Crippen LogP contribution >= 0.6 is 0 Å². The van der Waals surface area contributed by atoms with Crippen molar-refractivity contribution in [1.29, 1.82) is 0 Å². The van der Waals surface area contributed by atoms with Gasteiger partial charge in [0.25, 0.3) is 5.91 Å². The molecule has 0 saturated heterocycles. The van der Waals surface area contributed by atoms with E-state index in [9.17, 15) is 4.79 Å². The molecule has 108 valence electrons. The quantitative estimate of drug-likeness (QED) is 0.845. The standard InChI is InChI=1S/C16H21NO3/c1-16(2,20-4)15(19)17(3)12-14-9-7-13(8-10-14)6-5-11-18/h7-10,18H,11-12H2,1-4H3. The van der Waals surface area contributed by atoms with Crippen molar-refractivity contribution in [3.63, 3.8) is 0 Å². The van der Waals surface area contributed by atoms with Gasteiger partial charge in [0, 0.05) is 26.3 Å². The molecule has 0 unspecified atom stereocenters. The third-order valence-electron chi connectivity index (χ3n) is 3.06. The Hall–Kier alpha value is -1.83. The number of rotatable bonds is 4. The Balaban J connectivity index is 2.71. The van der Waals surface area contributed by atoms with Crippen molar-refractivity contribution < 1.29 is 14.6 Å². The van der Waals surface area contributed by atoms with E-state index >= 15 is 0 Å². The highest BCUT2D eigenvalue weighted by molar-refractivity contribution is 5.84. The van der Waals surface area contributed by atoms with Gasteiger partial charge in [-0.25, -0.2) is 0 Å². The molecule has 0 aliphatic rings. The van der Waals surface area contributed by atoms with Crippen LogP contribution in [0.4, 0.5) is 0 Å². The zero-order chi connectivity index (χ0) is 15.2. The van der Waals surface area contributed by atoms with Crippen LogP contribution < -0.4 is 0 Å². The van der Waals surface area contributed by atoms with Crippen molar-refractivity contribution >= 4 is 5.91 Å². The molecule has 1 rings (SSSR count). The molecular formula is C16H21NO3. The van der Waals surface area contributed by atoms with Crippen molar-refractivity contribution in [1.82, 2.24) is 4.90 Å². The van der Waals surface area contributed by atoms with Gasteiger partial charge >= 0.3 is 0 Å². The fourth-order valence-electron chi connectivity index (χ4n) is 1.73. The molecule has 4 nitrogen and oxygen atoms in total. The number of aliphatic hydroxyl groups excluding tert-OH is 1. The summed E-state index contributed by atoms with van der Waals surface area (Å²) in [5, 5.41) is 8.63. The number of nitrogens with zero attached hydrogens (tertiary/aromatic N) is 1. The number of carbonyl (C=O) groups is 1. The minimum atomic E-state index is -0.818. The van der Waals surface area contributed by atoms with E-state index in [2.05, 4.69) is 11.8 Å². The Kier molecular flexibility index (Phi) is 5.75. The van der Waals surface area contributed by atoms with Crippen molar-refractivity contribution in [3.8, 4) is 11.8 Å². The largest absolute Gasteiger partial charge is 0.384 e. The lowest BCUT2D eigenvalue weighted by atomic mass is 10.1. The maximum Gasteiger partial charge on any atom is 0.254 e. The second-order valence-electron chi connectivity index (χ2n) is 5.03. The maximum absolute atomic E-state index is 12.2. The molecule has 0 saturated carbocycles. The molecule has 1 N–H and O–H groups in total. The fraction of sp³-hybridized carbons (Fsp3) is 0.438. The first-order valence-corrected chi connectivity index (χ1v) is 6.40. The van der Waals surface area contributed by atoms with E-state index < -0.39 is 5.60 Å². The number of likely N-dealkylation sites (N-methyl/N-ethyl adjacent to an activating group) is 1. The Morgan fingerprint density at radius 2 is 1.95 bits per heavy atom. The van der Waals surface area contributed by atoms with Gasteiger partial charge in [0.05, 0.1) is 0 Å². The number of methoxy groups -OCH3 is 1. The van der Waals surface area contributed by atoms with Gasteiger partial charge in [0.15, 0.2) is 0 Å². The lowest BCUT2D eigenvalue weighted by Gasteiger charge is -2.28. The molecule has 1 aromatic carbocycles. The van der Waals surface area contributed by atoms with Crippen molar-refractivity contribution in [2.45, 2.75) is 26.0 Å². The predicted octanol–water partition coefficient (Wildman–Crippen LogP) is 1.41. The molecule has 0 radical (unpaired) electrons. The van der Waals surface area contributed by atoms with Gasteiger partial charge in [-0.2, -0.15) is 0 Å². The van der Waals surface area contributed by atoms with Gasteiger partial charge in [0.1, 0.15) is 12.2 Å². The molecule has 4 heteroatoms. The van der Waals surface area contributed by atoms with E-state index in [1.54, 1.807) is 25.8 Å². The smallest absolute Gasteiger partial charge is 0.254 e. The number of hydrogen-bond donors (Lipinski definition) is 1. The lowest BCUT2D eigenvalue weighted by molar-refractivity contribution is -0.150. The highest BCUT2D eigenvalue weighted by Crippen LogP contribution is 2.14. The van der Waals surface area contributed by atoms with Crippen LogP contribution in [0, 0.1) is 11.8 Å². The second kappa shape index (κ2) is 7.09. The molecular weight excluding hydrogens is 254 g/mol. The average Bonchev–Trinajstić information content (AvgIpc) is 2.45. The van der Waals surface area contributed by atoms with Gasteiger partial charge in [-0.15, -0.1) is 0 Å². The zero-order valence-electron chi connectivity index (χ0n) is 12.4. The molecule has 1 aromatic rings. The van der Waals surface area contributed by atoms with Gasteiger partial charge < -0.3 is 14.7 Å². The molecule has 0 aliphatic heterocycles. The third kappa shape index (κ3) is 4.37. The summed E-state index contributed by atoms with van der Waals surface area (Å²) < 4.78 is 5.19. The molecule has 0 spiro atoms. The molecule has 20 heavy (non-hydrogen) atoms. The van der Waals surface area contributed by atoms with Gasteiger partial charge in [0.2, 0.25) is 0 Å². The van der Waals surface area contributed by atoms with E-state index in [1.165, 1.54) is 7.11 Å². The van der Waals surface area contributed by atoms with Crippen LogP contribution in [0.1, 0.15) is 25.0 Å². The summed E-state index contributed by atoms with van der Waals surface area (Å²) in [5.74, 6) is 5.36. The van der Waals surface area contributed by atoms with Crippen LogP contribution in [0.15, 0.2) is 24.3 Å². The number of amides is 1. The number of carbonyl (C=O) groups excluding carboxylic acids is 1. The van der Waals surface area contributed by atoms with Gasteiger partial charge in [-0.1, -0.05) is 24.0 Å². The highest BCUT2D eigenvalue weighted by Gasteiger charge is 2.29. The maximum atomic E-state index is 12.2. The first-order valence-electron chi connectivity index (χ1n) is 6.40. The SMILES string of the molecule is COC(C)(C)C(=O)N(C)Cc1ccc(C#CCO)cc1. The van der Waals surface area contributed by atoms with Crippen LogP contribution in [0.2, 0.25) is 0 Å². The number of aliphatic hydroxyl groups is 1. The summed E-state index contributed by atoms with van der Waals surface area (Å²) in [6.45, 7) is 3.86. The van der Waals surface area contributed by atoms with Crippen LogP contribution in [0.5, 0.6) is 0 Å². The first-order chi connectivity index (χ1) is 9.40. The van der Waals surface area contributed by atoms with Crippen molar-refractivity contribution in [2.75, 3.05) is 20.8 Å². The zero-order valence-corrected chi connectivity index (χ0v) is 12.4. The minimum Gasteiger partial charge on any atom is -0.384 e. The monoisotopic (exact) mass is 275 g/mol. The summed E-state index contributed by atoms with van der Waals surface area (Å²) in [5.41, 5.74) is 1.04. The summed E-state index contributed by atoms with van der Waals surface area (Å²) in [6.07, 6.45) is 0. The molecule has 0 bridgehead atoms. The molecule has 0 heterocycles. The van der Waals surface area contributed by atoms with Crippen LogP contribution in [-0.4, -0.2) is 42.3 Å². The summed E-state index contributed by atoms with van der Waals surface area (Å²) in [6, 6.07) is 7.59. The van der Waals surface area contributed by atoms with Crippen LogP contribution in [-0.2, 0) is 16.1 Å². The van der Waals surface area contributed by atoms with E-state index in [0.29, 0.717) is 6.54 Å². The van der Waals surface area contributed by atoms with Crippen LogP contribution in [0.25, 0.3) is 0 Å². The van der Waals surface area contributed by atoms with Gasteiger partial charge in [-0.3, -0.25) is 4.79 Å². The molecule has 0 atom stereocenters. The highest BCUT2D eigenvalue weighted by atomic mass is 16.5. The Labute approximate surface area is 120 Å². The van der Waals surface area contributed by atoms with E-state index in [0.717, 1.165) is 11.1 Å². The average molecular weight is 275 g/mol. The topological polar surface area (TPSA) is 49.8 Å². The Bertz CT molecular complexity index is 509. The second-order valence-corrected chi connectivity index (χ2v) is 5.03. The lowest BCUT2D eigenvalue weighted by Crippen LogP contribution is -2.44. The van der Waals surface area contributed by atoms with Crippen molar-refractivity contribution in [2.24, 2.45) is 0 Å². The molecule has 0 fully saturated rings.